The van der Waals surface area contributed by atoms with Gasteiger partial charge in [0.2, 0.25) is 11.8 Å². The van der Waals surface area contributed by atoms with Crippen LogP contribution in [0.3, 0.4) is 0 Å². The van der Waals surface area contributed by atoms with Crippen molar-refractivity contribution >= 4 is 29.0 Å². The second-order valence-corrected chi connectivity index (χ2v) is 6.83. The van der Waals surface area contributed by atoms with Gasteiger partial charge in [-0.3, -0.25) is 14.4 Å². The van der Waals surface area contributed by atoms with Crippen molar-refractivity contribution < 1.29 is 19.1 Å². The van der Waals surface area contributed by atoms with Crippen LogP contribution in [0.25, 0.3) is 0 Å². The maximum absolute atomic E-state index is 12.8. The van der Waals surface area contributed by atoms with Crippen LogP contribution < -0.4 is 15.4 Å². The molecule has 2 aromatic carbocycles. The summed E-state index contributed by atoms with van der Waals surface area (Å²) in [6, 6.07) is 12.1. The summed E-state index contributed by atoms with van der Waals surface area (Å²) < 4.78 is 5.28. The van der Waals surface area contributed by atoms with E-state index in [1.807, 2.05) is 19.1 Å². The number of nitrogens with one attached hydrogen (secondary N) is 2. The largest absolute Gasteiger partial charge is 0.495 e. The molecule has 2 N–H and O–H groups in total. The van der Waals surface area contributed by atoms with Crippen LogP contribution in [0.1, 0.15) is 35.7 Å². The molecular weight excluding hydrogens is 344 g/mol. The van der Waals surface area contributed by atoms with Crippen molar-refractivity contribution in [2.45, 2.75) is 26.7 Å². The molecule has 0 spiro atoms. The zero-order chi connectivity index (χ0) is 19.6. The zero-order valence-corrected chi connectivity index (χ0v) is 15.6. The Hall–Kier alpha value is -3.15. The Balaban J connectivity index is 1.72. The number of benzene rings is 2. The minimum atomic E-state index is -1.08. The van der Waals surface area contributed by atoms with Gasteiger partial charge in [-0.15, -0.1) is 0 Å². The lowest BCUT2D eigenvalue weighted by atomic mass is 10.0. The van der Waals surface area contributed by atoms with Crippen LogP contribution in [-0.4, -0.2) is 24.7 Å². The van der Waals surface area contributed by atoms with Gasteiger partial charge in [-0.2, -0.15) is 0 Å². The van der Waals surface area contributed by atoms with Gasteiger partial charge in [0.15, 0.2) is 5.78 Å². The highest BCUT2D eigenvalue weighted by Crippen LogP contribution is 2.48. The second-order valence-electron chi connectivity index (χ2n) is 6.83. The smallest absolute Gasteiger partial charge is 0.240 e. The number of hydrogen-bond donors (Lipinski definition) is 2. The topological polar surface area (TPSA) is 84.5 Å². The number of carbonyl (C=O) groups is 3. The van der Waals surface area contributed by atoms with Crippen LogP contribution in [0.5, 0.6) is 5.75 Å². The second kappa shape index (κ2) is 7.23. The molecule has 0 aliphatic heterocycles. The third kappa shape index (κ3) is 3.84. The van der Waals surface area contributed by atoms with Gasteiger partial charge in [0.25, 0.3) is 0 Å². The molecule has 2 aromatic rings. The van der Waals surface area contributed by atoms with E-state index in [2.05, 4.69) is 10.6 Å². The van der Waals surface area contributed by atoms with Gasteiger partial charge in [0.1, 0.15) is 11.2 Å². The first kappa shape index (κ1) is 18.6. The summed E-state index contributed by atoms with van der Waals surface area (Å²) in [6.45, 7) is 3.40. The van der Waals surface area contributed by atoms with Crippen molar-refractivity contribution in [2.75, 3.05) is 17.7 Å². The molecule has 1 fully saturated rings. The molecule has 27 heavy (non-hydrogen) atoms. The number of amides is 2. The molecule has 2 amide bonds. The molecule has 0 saturated heterocycles. The lowest BCUT2D eigenvalue weighted by Crippen LogP contribution is -2.35. The van der Waals surface area contributed by atoms with Gasteiger partial charge >= 0.3 is 0 Å². The summed E-state index contributed by atoms with van der Waals surface area (Å²) in [7, 11) is 1.53. The van der Waals surface area contributed by atoms with Gasteiger partial charge in [-0.1, -0.05) is 6.07 Å². The van der Waals surface area contributed by atoms with E-state index in [1.165, 1.54) is 14.0 Å². The Morgan fingerprint density at radius 3 is 2.15 bits per heavy atom. The molecule has 6 heteroatoms. The number of rotatable bonds is 6. The fourth-order valence-electron chi connectivity index (χ4n) is 2.88. The zero-order valence-electron chi connectivity index (χ0n) is 15.6. The normalized spacial score (nSPS) is 14.2. The fourth-order valence-corrected chi connectivity index (χ4v) is 2.88. The monoisotopic (exact) mass is 366 g/mol. The number of ketones is 1. The number of aryl methyl sites for hydroxylation is 1. The van der Waals surface area contributed by atoms with E-state index in [0.29, 0.717) is 35.5 Å². The van der Waals surface area contributed by atoms with E-state index in [1.54, 1.807) is 30.3 Å². The Morgan fingerprint density at radius 1 is 0.963 bits per heavy atom. The van der Waals surface area contributed by atoms with Crippen LogP contribution in [0, 0.1) is 12.3 Å². The van der Waals surface area contributed by atoms with Crippen molar-refractivity contribution in [3.8, 4) is 5.75 Å². The number of hydrogen-bond acceptors (Lipinski definition) is 4. The summed E-state index contributed by atoms with van der Waals surface area (Å²) >= 11 is 0. The molecule has 0 heterocycles. The number of anilines is 2. The van der Waals surface area contributed by atoms with Crippen LogP contribution in [-0.2, 0) is 9.59 Å². The van der Waals surface area contributed by atoms with E-state index in [4.69, 9.17) is 4.74 Å². The van der Waals surface area contributed by atoms with Crippen LogP contribution in [0.4, 0.5) is 11.4 Å². The summed E-state index contributed by atoms with van der Waals surface area (Å²) in [5.74, 6) is -0.186. The predicted molar refractivity (Wildman–Crippen MR) is 103 cm³/mol. The van der Waals surface area contributed by atoms with Crippen molar-refractivity contribution in [3.63, 3.8) is 0 Å². The predicted octanol–water partition coefficient (Wildman–Crippen LogP) is 3.56. The maximum atomic E-state index is 12.8. The maximum Gasteiger partial charge on any atom is 0.240 e. The number of Topliss-reactive ketones (excluding diaryl/α,β-unsaturated/α-hetero) is 1. The third-order valence-electron chi connectivity index (χ3n) is 4.77. The molecule has 3 rings (SSSR count). The van der Waals surface area contributed by atoms with E-state index in [-0.39, 0.29) is 17.6 Å². The Bertz CT molecular complexity index is 899. The summed E-state index contributed by atoms with van der Waals surface area (Å²) in [5.41, 5.74) is 1.57. The lowest BCUT2D eigenvalue weighted by Gasteiger charge is -2.17. The Morgan fingerprint density at radius 2 is 1.59 bits per heavy atom. The average molecular weight is 366 g/mol. The van der Waals surface area contributed by atoms with Crippen LogP contribution in [0.15, 0.2) is 42.5 Å². The summed E-state index contributed by atoms with van der Waals surface area (Å²) in [4.78, 5) is 36.8. The molecule has 6 nitrogen and oxygen atoms in total. The minimum absolute atomic E-state index is 0.0435. The lowest BCUT2D eigenvalue weighted by molar-refractivity contribution is -0.131. The van der Waals surface area contributed by atoms with Gasteiger partial charge in [-0.25, -0.2) is 0 Å². The molecule has 0 atom stereocenters. The molecular formula is C21H22N2O4. The van der Waals surface area contributed by atoms with Crippen molar-refractivity contribution in [1.29, 1.82) is 0 Å². The third-order valence-corrected chi connectivity index (χ3v) is 4.77. The van der Waals surface area contributed by atoms with Gasteiger partial charge < -0.3 is 15.4 Å². The van der Waals surface area contributed by atoms with Crippen LogP contribution >= 0.6 is 0 Å². The van der Waals surface area contributed by atoms with E-state index in [0.717, 1.165) is 5.56 Å². The molecule has 0 unspecified atom stereocenters. The van der Waals surface area contributed by atoms with E-state index in [9.17, 15) is 14.4 Å². The molecule has 1 aliphatic rings. The van der Waals surface area contributed by atoms with E-state index >= 15 is 0 Å². The number of methoxy groups -OCH3 is 1. The van der Waals surface area contributed by atoms with Gasteiger partial charge in [-0.05, 0) is 68.7 Å². The van der Waals surface area contributed by atoms with Gasteiger partial charge in [0.05, 0.1) is 12.8 Å². The van der Waals surface area contributed by atoms with E-state index < -0.39 is 5.41 Å². The first-order valence-corrected chi connectivity index (χ1v) is 8.74. The molecule has 0 bridgehead atoms. The molecule has 1 saturated carbocycles. The van der Waals surface area contributed by atoms with Crippen molar-refractivity contribution in [3.05, 3.63) is 53.6 Å². The standard InChI is InChI=1S/C21H22N2O4/c1-13-4-9-18(27-3)17(12-13)23-20(26)21(10-11-21)19(25)22-16-7-5-15(6-8-16)14(2)24/h4-9,12H,10-11H2,1-3H3,(H,22,25)(H,23,26). The molecule has 0 radical (unpaired) electrons. The highest BCUT2D eigenvalue weighted by Gasteiger charge is 2.56. The van der Waals surface area contributed by atoms with Crippen molar-refractivity contribution in [1.82, 2.24) is 0 Å². The van der Waals surface area contributed by atoms with Crippen LogP contribution in [0.2, 0.25) is 0 Å². The summed E-state index contributed by atoms with van der Waals surface area (Å²) in [5, 5.41) is 5.60. The molecule has 1 aliphatic carbocycles. The number of ether oxygens (including phenoxy) is 1. The minimum Gasteiger partial charge on any atom is -0.495 e. The Kier molecular flexibility index (Phi) is 4.99. The van der Waals surface area contributed by atoms with Crippen molar-refractivity contribution in [2.24, 2.45) is 5.41 Å². The highest BCUT2D eigenvalue weighted by molar-refractivity contribution is 6.17. The highest BCUT2D eigenvalue weighted by atomic mass is 16.5. The SMILES string of the molecule is COc1ccc(C)cc1NC(=O)C1(C(=O)Nc2ccc(C(C)=O)cc2)CC1. The average Bonchev–Trinajstić information content (AvgIpc) is 3.44. The number of carbonyl (C=O) groups excluding carboxylic acids is 3. The first-order chi connectivity index (χ1) is 12.9. The first-order valence-electron chi connectivity index (χ1n) is 8.74. The Labute approximate surface area is 157 Å². The van der Waals surface area contributed by atoms with Gasteiger partial charge in [0, 0.05) is 11.3 Å². The molecule has 0 aromatic heterocycles. The fraction of sp³-hybridized carbons (Fsp3) is 0.286. The quantitative estimate of drug-likeness (QED) is 0.605. The summed E-state index contributed by atoms with van der Waals surface area (Å²) in [6.07, 6.45) is 0.981. The molecule has 140 valence electrons.